The van der Waals surface area contributed by atoms with E-state index >= 15 is 0 Å². The van der Waals surface area contributed by atoms with E-state index in [1.807, 2.05) is 0 Å². The van der Waals surface area contributed by atoms with Crippen molar-refractivity contribution in [1.29, 1.82) is 0 Å². The molecule has 0 saturated heterocycles. The summed E-state index contributed by atoms with van der Waals surface area (Å²) in [6, 6.07) is 6.95. The third-order valence-electron chi connectivity index (χ3n) is 2.95. The summed E-state index contributed by atoms with van der Waals surface area (Å²) >= 11 is 0. The van der Waals surface area contributed by atoms with Gasteiger partial charge in [-0.3, -0.25) is 14.9 Å². The van der Waals surface area contributed by atoms with E-state index in [1.54, 1.807) is 31.2 Å². The number of likely N-dealkylation sites (N-methyl/N-ethyl adjacent to an activating group) is 1. The fraction of sp³-hybridized carbons (Fsp3) is 0.231. The van der Waals surface area contributed by atoms with Crippen molar-refractivity contribution in [2.45, 2.75) is 6.92 Å². The minimum Gasteiger partial charge on any atom is -0.480 e. The standard InChI is InChI=1S/C13H13N3O4/c1-2-15(8-12(17)18)13-9-5-3-4-6-10(9)14-7-11(13)16(19)20/h3-7H,2,8H2,1H3,(H,17,18). The van der Waals surface area contributed by atoms with Crippen LogP contribution in [0.2, 0.25) is 0 Å². The molecule has 1 N–H and O–H groups in total. The average molecular weight is 275 g/mol. The van der Waals surface area contributed by atoms with Crippen molar-refractivity contribution in [2.24, 2.45) is 0 Å². The van der Waals surface area contributed by atoms with Gasteiger partial charge < -0.3 is 10.0 Å². The molecule has 2 rings (SSSR count). The minimum absolute atomic E-state index is 0.188. The Kier molecular flexibility index (Phi) is 3.79. The highest BCUT2D eigenvalue weighted by atomic mass is 16.6. The molecule has 1 aromatic heterocycles. The van der Waals surface area contributed by atoms with Gasteiger partial charge in [-0.1, -0.05) is 18.2 Å². The highest BCUT2D eigenvalue weighted by molar-refractivity contribution is 5.97. The first-order valence-electron chi connectivity index (χ1n) is 6.03. The third-order valence-corrected chi connectivity index (χ3v) is 2.95. The van der Waals surface area contributed by atoms with Crippen LogP contribution < -0.4 is 4.90 Å². The molecule has 7 nitrogen and oxygen atoms in total. The minimum atomic E-state index is -1.04. The quantitative estimate of drug-likeness (QED) is 0.662. The van der Waals surface area contributed by atoms with Crippen LogP contribution in [0, 0.1) is 10.1 Å². The summed E-state index contributed by atoms with van der Waals surface area (Å²) in [5.41, 5.74) is 0.703. The van der Waals surface area contributed by atoms with E-state index in [0.29, 0.717) is 23.1 Å². The highest BCUT2D eigenvalue weighted by Crippen LogP contribution is 2.34. The van der Waals surface area contributed by atoms with Crippen LogP contribution in [0.25, 0.3) is 10.9 Å². The molecule has 0 aliphatic heterocycles. The van der Waals surface area contributed by atoms with Gasteiger partial charge in [0.15, 0.2) is 0 Å². The summed E-state index contributed by atoms with van der Waals surface area (Å²) in [6.07, 6.45) is 1.17. The van der Waals surface area contributed by atoms with Crippen molar-refractivity contribution in [3.8, 4) is 0 Å². The second-order valence-corrected chi connectivity index (χ2v) is 4.17. The highest BCUT2D eigenvalue weighted by Gasteiger charge is 2.23. The van der Waals surface area contributed by atoms with Crippen LogP contribution in [0.4, 0.5) is 11.4 Å². The van der Waals surface area contributed by atoms with Crippen molar-refractivity contribution in [1.82, 2.24) is 4.98 Å². The molecule has 0 aliphatic rings. The van der Waals surface area contributed by atoms with Crippen LogP contribution in [-0.2, 0) is 4.79 Å². The zero-order valence-electron chi connectivity index (χ0n) is 10.8. The number of aliphatic carboxylic acids is 1. The molecule has 0 fully saturated rings. The Balaban J connectivity index is 2.71. The molecule has 7 heteroatoms. The lowest BCUT2D eigenvalue weighted by Gasteiger charge is -2.21. The van der Waals surface area contributed by atoms with Gasteiger partial charge in [0, 0.05) is 11.9 Å². The van der Waals surface area contributed by atoms with Crippen molar-refractivity contribution in [3.63, 3.8) is 0 Å². The summed E-state index contributed by atoms with van der Waals surface area (Å²) in [4.78, 5) is 27.1. The molecular weight excluding hydrogens is 262 g/mol. The number of hydrogen-bond acceptors (Lipinski definition) is 5. The van der Waals surface area contributed by atoms with Crippen molar-refractivity contribution >= 4 is 28.2 Å². The number of fused-ring (bicyclic) bond motifs is 1. The molecule has 0 spiro atoms. The fourth-order valence-corrected chi connectivity index (χ4v) is 2.09. The Morgan fingerprint density at radius 1 is 1.45 bits per heavy atom. The van der Waals surface area contributed by atoms with E-state index in [0.717, 1.165) is 0 Å². The van der Waals surface area contributed by atoms with Gasteiger partial charge in [-0.15, -0.1) is 0 Å². The first-order valence-corrected chi connectivity index (χ1v) is 6.03. The molecule has 0 amide bonds. The lowest BCUT2D eigenvalue weighted by atomic mass is 10.1. The summed E-state index contributed by atoms with van der Waals surface area (Å²) in [5.74, 6) is -1.04. The van der Waals surface area contributed by atoms with Crippen LogP contribution in [0.1, 0.15) is 6.92 Å². The molecule has 0 aliphatic carbocycles. The van der Waals surface area contributed by atoms with E-state index in [9.17, 15) is 14.9 Å². The van der Waals surface area contributed by atoms with E-state index in [2.05, 4.69) is 4.98 Å². The van der Waals surface area contributed by atoms with Crippen LogP contribution in [0.5, 0.6) is 0 Å². The third kappa shape index (κ3) is 2.51. The number of nitrogens with zero attached hydrogens (tertiary/aromatic N) is 3. The van der Waals surface area contributed by atoms with E-state index in [1.165, 1.54) is 11.1 Å². The largest absolute Gasteiger partial charge is 0.480 e. The zero-order valence-corrected chi connectivity index (χ0v) is 10.8. The van der Waals surface area contributed by atoms with E-state index in [-0.39, 0.29) is 12.2 Å². The molecule has 2 aromatic rings. The SMILES string of the molecule is CCN(CC(=O)O)c1c([N+](=O)[O-])cnc2ccccc12. The number of hydrogen-bond donors (Lipinski definition) is 1. The maximum absolute atomic E-state index is 11.2. The average Bonchev–Trinajstić information content (AvgIpc) is 2.43. The summed E-state index contributed by atoms with van der Waals surface area (Å²) in [5, 5.41) is 20.7. The van der Waals surface area contributed by atoms with Crippen molar-refractivity contribution < 1.29 is 14.8 Å². The fourth-order valence-electron chi connectivity index (χ4n) is 2.09. The second kappa shape index (κ2) is 5.52. The second-order valence-electron chi connectivity index (χ2n) is 4.17. The monoisotopic (exact) mass is 275 g/mol. The Morgan fingerprint density at radius 3 is 2.75 bits per heavy atom. The van der Waals surface area contributed by atoms with Gasteiger partial charge in [0.25, 0.3) is 0 Å². The Hall–Kier alpha value is -2.70. The topological polar surface area (TPSA) is 96.6 Å². The first kappa shape index (κ1) is 13.7. The number of rotatable bonds is 5. The summed E-state index contributed by atoms with van der Waals surface area (Å²) < 4.78 is 0. The molecule has 0 unspecified atom stereocenters. The maximum atomic E-state index is 11.2. The normalized spacial score (nSPS) is 10.4. The van der Waals surface area contributed by atoms with Gasteiger partial charge in [-0.2, -0.15) is 0 Å². The zero-order chi connectivity index (χ0) is 14.7. The number of aromatic nitrogens is 1. The maximum Gasteiger partial charge on any atom is 0.323 e. The van der Waals surface area contributed by atoms with Gasteiger partial charge in [0.05, 0.1) is 10.4 Å². The van der Waals surface area contributed by atoms with Crippen molar-refractivity contribution in [2.75, 3.05) is 18.0 Å². The van der Waals surface area contributed by atoms with Crippen LogP contribution in [0.3, 0.4) is 0 Å². The van der Waals surface area contributed by atoms with Gasteiger partial charge in [0.2, 0.25) is 0 Å². The van der Waals surface area contributed by atoms with Crippen LogP contribution in [-0.4, -0.2) is 34.1 Å². The lowest BCUT2D eigenvalue weighted by Crippen LogP contribution is -2.30. The molecule has 0 bridgehead atoms. The van der Waals surface area contributed by atoms with Crippen LogP contribution >= 0.6 is 0 Å². The smallest absolute Gasteiger partial charge is 0.323 e. The summed E-state index contributed by atoms with van der Waals surface area (Å²) in [7, 11) is 0. The molecule has 20 heavy (non-hydrogen) atoms. The van der Waals surface area contributed by atoms with Crippen LogP contribution in [0.15, 0.2) is 30.5 Å². The van der Waals surface area contributed by atoms with Gasteiger partial charge in [-0.25, -0.2) is 4.98 Å². The summed E-state index contributed by atoms with van der Waals surface area (Å²) in [6.45, 7) is 1.80. The number of carboxylic acid groups (broad SMARTS) is 1. The number of carboxylic acids is 1. The molecule has 0 atom stereocenters. The number of carbonyl (C=O) groups is 1. The lowest BCUT2D eigenvalue weighted by molar-refractivity contribution is -0.384. The van der Waals surface area contributed by atoms with Crippen molar-refractivity contribution in [3.05, 3.63) is 40.6 Å². The van der Waals surface area contributed by atoms with E-state index in [4.69, 9.17) is 5.11 Å². The Bertz CT molecular complexity index is 672. The van der Waals surface area contributed by atoms with E-state index < -0.39 is 10.9 Å². The molecule has 104 valence electrons. The molecular formula is C13H13N3O4. The predicted octanol–water partition coefficient (Wildman–Crippen LogP) is 2.05. The molecule has 1 aromatic carbocycles. The number of pyridine rings is 1. The number of anilines is 1. The van der Waals surface area contributed by atoms with Gasteiger partial charge in [0.1, 0.15) is 18.4 Å². The number of benzene rings is 1. The first-order chi connectivity index (χ1) is 9.54. The molecule has 0 saturated carbocycles. The van der Waals surface area contributed by atoms with Gasteiger partial charge in [-0.05, 0) is 13.0 Å². The Labute approximate surface area is 114 Å². The van der Waals surface area contributed by atoms with Gasteiger partial charge >= 0.3 is 11.7 Å². The number of para-hydroxylation sites is 1. The molecule has 0 radical (unpaired) electrons. The molecule has 1 heterocycles. The predicted molar refractivity (Wildman–Crippen MR) is 73.9 cm³/mol. The number of nitro groups is 1. The Morgan fingerprint density at radius 2 is 2.15 bits per heavy atom.